The van der Waals surface area contributed by atoms with Crippen LogP contribution >= 0.6 is 11.3 Å². The molecular weight excluding hydrogens is 298 g/mol. The van der Waals surface area contributed by atoms with E-state index >= 15 is 0 Å². The summed E-state index contributed by atoms with van der Waals surface area (Å²) in [5.41, 5.74) is 4.83. The molecule has 2 heterocycles. The zero-order valence-corrected chi connectivity index (χ0v) is 12.7. The monoisotopic (exact) mass is 313 g/mol. The quantitative estimate of drug-likeness (QED) is 0.629. The van der Waals surface area contributed by atoms with Gasteiger partial charge in [-0.3, -0.25) is 0 Å². The van der Waals surface area contributed by atoms with Gasteiger partial charge in [-0.1, -0.05) is 0 Å². The zero-order valence-electron chi connectivity index (χ0n) is 11.1. The summed E-state index contributed by atoms with van der Waals surface area (Å²) in [5.74, 6) is 5.43. The molecule has 108 valence electrons. The van der Waals surface area contributed by atoms with E-state index < -0.39 is 10.0 Å². The van der Waals surface area contributed by atoms with Gasteiger partial charge < -0.3 is 5.43 Å². The lowest BCUT2D eigenvalue weighted by atomic mass is 10.4. The average molecular weight is 313 g/mol. The van der Waals surface area contributed by atoms with Crippen molar-refractivity contribution in [2.45, 2.75) is 18.4 Å². The lowest BCUT2D eigenvalue weighted by Crippen LogP contribution is -2.28. The van der Waals surface area contributed by atoms with Crippen molar-refractivity contribution in [3.05, 3.63) is 34.4 Å². The fourth-order valence-corrected chi connectivity index (χ4v) is 3.79. The Labute approximate surface area is 121 Å². The Morgan fingerprint density at radius 3 is 2.80 bits per heavy atom. The Balaban J connectivity index is 2.32. The molecule has 0 aliphatic rings. The first-order valence-corrected chi connectivity index (χ1v) is 8.05. The van der Waals surface area contributed by atoms with Crippen LogP contribution in [-0.2, 0) is 16.6 Å². The predicted octanol–water partition coefficient (Wildman–Crippen LogP) is 0.953. The molecule has 0 amide bonds. The third kappa shape index (κ3) is 2.80. The van der Waals surface area contributed by atoms with Crippen molar-refractivity contribution in [1.29, 1.82) is 0 Å². The highest BCUT2D eigenvalue weighted by atomic mass is 32.2. The Hall–Kier alpha value is -1.55. The number of nitrogens with two attached hydrogens (primary N) is 1. The molecule has 0 saturated carbocycles. The van der Waals surface area contributed by atoms with Gasteiger partial charge in [0.25, 0.3) is 0 Å². The number of aryl methyl sites for hydroxylation is 1. The molecule has 2 rings (SSSR count). The number of pyridine rings is 1. The lowest BCUT2D eigenvalue weighted by Gasteiger charge is -2.18. The normalized spacial score (nSPS) is 11.8. The summed E-state index contributed by atoms with van der Waals surface area (Å²) in [4.78, 5) is 8.97. The van der Waals surface area contributed by atoms with Crippen molar-refractivity contribution in [1.82, 2.24) is 14.3 Å². The van der Waals surface area contributed by atoms with E-state index in [2.05, 4.69) is 15.4 Å². The summed E-state index contributed by atoms with van der Waals surface area (Å²) >= 11 is 1.43. The molecule has 0 bridgehead atoms. The summed E-state index contributed by atoms with van der Waals surface area (Å²) in [5, 5.41) is 0. The van der Waals surface area contributed by atoms with Gasteiger partial charge in [0.15, 0.2) is 5.82 Å². The van der Waals surface area contributed by atoms with Crippen LogP contribution in [0.3, 0.4) is 0 Å². The molecule has 0 atom stereocenters. The van der Waals surface area contributed by atoms with Gasteiger partial charge in [0.2, 0.25) is 10.0 Å². The molecule has 0 aliphatic carbocycles. The van der Waals surface area contributed by atoms with Gasteiger partial charge >= 0.3 is 0 Å². The van der Waals surface area contributed by atoms with Crippen molar-refractivity contribution in [3.63, 3.8) is 0 Å². The highest BCUT2D eigenvalue weighted by molar-refractivity contribution is 7.89. The topological polar surface area (TPSA) is 101 Å². The van der Waals surface area contributed by atoms with E-state index in [9.17, 15) is 8.42 Å². The van der Waals surface area contributed by atoms with Crippen molar-refractivity contribution in [2.24, 2.45) is 5.84 Å². The first kappa shape index (κ1) is 14.9. The molecule has 0 aliphatic heterocycles. The van der Waals surface area contributed by atoms with Gasteiger partial charge in [0.05, 0.1) is 11.2 Å². The van der Waals surface area contributed by atoms with Crippen LogP contribution in [0.15, 0.2) is 28.7 Å². The number of rotatable bonds is 5. The molecular formula is C11H15N5O2S2. The van der Waals surface area contributed by atoms with E-state index in [4.69, 9.17) is 5.84 Å². The Kier molecular flexibility index (Phi) is 4.33. The van der Waals surface area contributed by atoms with Crippen molar-refractivity contribution < 1.29 is 8.42 Å². The number of hydrazine groups is 1. The van der Waals surface area contributed by atoms with E-state index in [0.29, 0.717) is 0 Å². The van der Waals surface area contributed by atoms with Crippen molar-refractivity contribution in [2.75, 3.05) is 12.5 Å². The first-order valence-electron chi connectivity index (χ1n) is 5.73. The lowest BCUT2D eigenvalue weighted by molar-refractivity contribution is 0.468. The number of nitrogens with zero attached hydrogens (tertiary/aromatic N) is 3. The molecule has 0 unspecified atom stereocenters. The fraction of sp³-hybridized carbons (Fsp3) is 0.273. The summed E-state index contributed by atoms with van der Waals surface area (Å²) in [6.07, 6.45) is 1.47. The SMILES string of the molecule is Cc1ncsc1CN(C)S(=O)(=O)c1cccnc1NN. The number of hydrogen-bond donors (Lipinski definition) is 2. The highest BCUT2D eigenvalue weighted by Crippen LogP contribution is 2.23. The maximum Gasteiger partial charge on any atom is 0.246 e. The highest BCUT2D eigenvalue weighted by Gasteiger charge is 2.25. The molecule has 0 radical (unpaired) electrons. The third-order valence-electron chi connectivity index (χ3n) is 2.81. The van der Waals surface area contributed by atoms with E-state index in [-0.39, 0.29) is 17.3 Å². The number of sulfonamides is 1. The Morgan fingerprint density at radius 1 is 1.45 bits per heavy atom. The second kappa shape index (κ2) is 5.83. The summed E-state index contributed by atoms with van der Waals surface area (Å²) in [6.45, 7) is 2.11. The van der Waals surface area contributed by atoms with E-state index in [1.807, 2.05) is 6.92 Å². The maximum absolute atomic E-state index is 12.5. The van der Waals surface area contributed by atoms with Crippen molar-refractivity contribution in [3.8, 4) is 0 Å². The molecule has 20 heavy (non-hydrogen) atoms. The number of aromatic nitrogens is 2. The molecule has 2 aromatic rings. The zero-order chi connectivity index (χ0) is 14.8. The van der Waals surface area contributed by atoms with Crippen LogP contribution in [0.1, 0.15) is 10.6 Å². The molecule has 2 aromatic heterocycles. The average Bonchev–Trinajstić information content (AvgIpc) is 2.84. The van der Waals surface area contributed by atoms with Crippen LogP contribution in [0.25, 0.3) is 0 Å². The van der Waals surface area contributed by atoms with Gasteiger partial charge in [-0.2, -0.15) is 4.31 Å². The summed E-state index contributed by atoms with van der Waals surface area (Å²) in [7, 11) is -2.15. The van der Waals surface area contributed by atoms with Crippen LogP contribution in [0.5, 0.6) is 0 Å². The minimum Gasteiger partial charge on any atom is -0.307 e. The molecule has 0 fully saturated rings. The minimum absolute atomic E-state index is 0.0483. The number of thiazole rings is 1. The Morgan fingerprint density at radius 2 is 2.20 bits per heavy atom. The molecule has 9 heteroatoms. The second-order valence-corrected chi connectivity index (χ2v) is 7.07. The fourth-order valence-electron chi connectivity index (χ4n) is 1.64. The molecule has 0 saturated heterocycles. The maximum atomic E-state index is 12.5. The molecule has 3 N–H and O–H groups in total. The van der Waals surface area contributed by atoms with Crippen LogP contribution in [-0.4, -0.2) is 29.7 Å². The standard InChI is InChI=1S/C11H15N5O2S2/c1-8-9(19-7-14-8)6-16(2)20(17,18)10-4-3-5-13-11(10)15-12/h3-5,7H,6,12H2,1-2H3,(H,13,15). The van der Waals surface area contributed by atoms with Gasteiger partial charge in [-0.25, -0.2) is 24.2 Å². The van der Waals surface area contributed by atoms with Crippen LogP contribution in [0.4, 0.5) is 5.82 Å². The van der Waals surface area contributed by atoms with Gasteiger partial charge in [0, 0.05) is 24.7 Å². The predicted molar refractivity (Wildman–Crippen MR) is 77.6 cm³/mol. The number of nitrogen functional groups attached to an aromatic ring is 1. The van der Waals surface area contributed by atoms with Crippen LogP contribution in [0, 0.1) is 6.92 Å². The largest absolute Gasteiger partial charge is 0.307 e. The molecule has 7 nitrogen and oxygen atoms in total. The van der Waals surface area contributed by atoms with E-state index in [1.54, 1.807) is 11.6 Å². The van der Waals surface area contributed by atoms with Crippen LogP contribution < -0.4 is 11.3 Å². The summed E-state index contributed by atoms with van der Waals surface area (Å²) in [6, 6.07) is 3.02. The molecule has 0 aromatic carbocycles. The molecule has 0 spiro atoms. The van der Waals surface area contributed by atoms with Crippen LogP contribution in [0.2, 0.25) is 0 Å². The Bertz CT molecular complexity index is 698. The third-order valence-corrected chi connectivity index (χ3v) is 5.56. The number of anilines is 1. The minimum atomic E-state index is -3.67. The van der Waals surface area contributed by atoms with Gasteiger partial charge in [-0.05, 0) is 19.1 Å². The van der Waals surface area contributed by atoms with Crippen molar-refractivity contribution >= 4 is 27.2 Å². The number of nitrogens with one attached hydrogen (secondary N) is 1. The number of hydrogen-bond acceptors (Lipinski definition) is 7. The second-order valence-electron chi connectivity index (χ2n) is 4.12. The van der Waals surface area contributed by atoms with Gasteiger partial charge in [-0.15, -0.1) is 11.3 Å². The van der Waals surface area contributed by atoms with E-state index in [0.717, 1.165) is 10.6 Å². The van der Waals surface area contributed by atoms with Gasteiger partial charge in [0.1, 0.15) is 4.90 Å². The smallest absolute Gasteiger partial charge is 0.246 e. The van der Waals surface area contributed by atoms with E-state index in [1.165, 1.54) is 35.0 Å². The first-order chi connectivity index (χ1) is 9.46. The summed E-state index contributed by atoms with van der Waals surface area (Å²) < 4.78 is 26.3.